The second-order valence-electron chi connectivity index (χ2n) is 4.06. The molecule has 2 heterocycles. The quantitative estimate of drug-likeness (QED) is 0.586. The highest BCUT2D eigenvalue weighted by molar-refractivity contribution is 4.83. The van der Waals surface area contributed by atoms with Gasteiger partial charge in [0.25, 0.3) is 0 Å². The van der Waals surface area contributed by atoms with Gasteiger partial charge in [0.05, 0.1) is 18.8 Å². The van der Waals surface area contributed by atoms with Crippen molar-refractivity contribution in [2.24, 2.45) is 5.92 Å². The van der Waals surface area contributed by atoms with Crippen molar-refractivity contribution in [3.8, 4) is 0 Å². The van der Waals surface area contributed by atoms with Crippen LogP contribution in [0.1, 0.15) is 6.42 Å². The van der Waals surface area contributed by atoms with Crippen LogP contribution in [0.15, 0.2) is 0 Å². The third-order valence-corrected chi connectivity index (χ3v) is 2.86. The fraction of sp³-hybridized carbons (Fsp3) is 1.00. The molecule has 2 fully saturated rings. The summed E-state index contributed by atoms with van der Waals surface area (Å²) < 4.78 is 5.30. The molecule has 2 unspecified atom stereocenters. The van der Waals surface area contributed by atoms with E-state index in [0.29, 0.717) is 13.2 Å². The van der Waals surface area contributed by atoms with Gasteiger partial charge in [-0.25, -0.2) is 0 Å². The average molecular weight is 187 g/mol. The summed E-state index contributed by atoms with van der Waals surface area (Å²) in [7, 11) is 0. The molecule has 2 aliphatic rings. The van der Waals surface area contributed by atoms with Gasteiger partial charge in [-0.05, 0) is 6.42 Å². The summed E-state index contributed by atoms with van der Waals surface area (Å²) >= 11 is 0. The van der Waals surface area contributed by atoms with Crippen LogP contribution in [0.4, 0.5) is 0 Å². The molecule has 4 nitrogen and oxygen atoms in total. The summed E-state index contributed by atoms with van der Waals surface area (Å²) in [6.45, 7) is 3.71. The highest BCUT2D eigenvalue weighted by atomic mass is 16.5. The monoisotopic (exact) mass is 187 g/mol. The summed E-state index contributed by atoms with van der Waals surface area (Å²) in [6, 6.07) is 0. The maximum Gasteiger partial charge on any atom is 0.0793 e. The van der Waals surface area contributed by atoms with E-state index in [4.69, 9.17) is 9.84 Å². The van der Waals surface area contributed by atoms with Crippen LogP contribution in [-0.2, 0) is 4.74 Å². The number of rotatable bonds is 2. The van der Waals surface area contributed by atoms with Gasteiger partial charge in [-0.2, -0.15) is 0 Å². The first-order chi connectivity index (χ1) is 6.25. The predicted molar refractivity (Wildman–Crippen MR) is 47.4 cm³/mol. The van der Waals surface area contributed by atoms with Crippen LogP contribution >= 0.6 is 0 Å². The van der Waals surface area contributed by atoms with E-state index >= 15 is 0 Å². The standard InChI is InChI=1S/C9H17NO3/c11-8-4-10(5-8)3-7-6-13-2-1-9(7)12/h7-9,11-12H,1-6H2. The number of β-amino-alcohol motifs (C(OH)–C–C–N with tert-alkyl or cyclic N) is 1. The zero-order chi connectivity index (χ0) is 9.26. The molecule has 0 radical (unpaired) electrons. The lowest BCUT2D eigenvalue weighted by molar-refractivity contribution is -0.0720. The fourth-order valence-electron chi connectivity index (χ4n) is 1.98. The average Bonchev–Trinajstić information content (AvgIpc) is 2.06. The van der Waals surface area contributed by atoms with E-state index < -0.39 is 0 Å². The number of likely N-dealkylation sites (tertiary alicyclic amines) is 1. The molecule has 0 spiro atoms. The molecule has 2 rings (SSSR count). The molecule has 0 aliphatic carbocycles. The molecule has 0 amide bonds. The molecule has 4 heteroatoms. The Morgan fingerprint density at radius 1 is 1.31 bits per heavy atom. The van der Waals surface area contributed by atoms with Crippen LogP contribution in [0.2, 0.25) is 0 Å². The molecule has 13 heavy (non-hydrogen) atoms. The number of aliphatic hydroxyl groups excluding tert-OH is 2. The number of nitrogens with zero attached hydrogens (tertiary/aromatic N) is 1. The van der Waals surface area contributed by atoms with E-state index in [2.05, 4.69) is 4.90 Å². The molecular weight excluding hydrogens is 170 g/mol. The maximum absolute atomic E-state index is 9.63. The molecule has 0 aromatic rings. The van der Waals surface area contributed by atoms with Crippen molar-refractivity contribution < 1.29 is 14.9 Å². The second-order valence-corrected chi connectivity index (χ2v) is 4.06. The summed E-state index contributed by atoms with van der Waals surface area (Å²) in [6.07, 6.45) is 0.384. The minimum absolute atomic E-state index is 0.151. The summed E-state index contributed by atoms with van der Waals surface area (Å²) in [5, 5.41) is 18.7. The van der Waals surface area contributed by atoms with Crippen LogP contribution in [0, 0.1) is 5.92 Å². The number of ether oxygens (including phenoxy) is 1. The molecule has 0 saturated carbocycles. The van der Waals surface area contributed by atoms with E-state index in [-0.39, 0.29) is 18.1 Å². The summed E-state index contributed by atoms with van der Waals surface area (Å²) in [5.74, 6) is 0.237. The number of aliphatic hydroxyl groups is 2. The molecule has 2 aliphatic heterocycles. The number of hydrogen-bond acceptors (Lipinski definition) is 4. The van der Waals surface area contributed by atoms with Gasteiger partial charge < -0.3 is 14.9 Å². The van der Waals surface area contributed by atoms with E-state index in [9.17, 15) is 5.11 Å². The SMILES string of the molecule is OC1CN(CC2COCCC2O)C1. The predicted octanol–water partition coefficient (Wildman–Crippen LogP) is -0.940. The van der Waals surface area contributed by atoms with Crippen LogP contribution in [0.25, 0.3) is 0 Å². The van der Waals surface area contributed by atoms with Gasteiger partial charge in [0.1, 0.15) is 0 Å². The van der Waals surface area contributed by atoms with E-state index in [1.54, 1.807) is 0 Å². The fourth-order valence-corrected chi connectivity index (χ4v) is 1.98. The highest BCUT2D eigenvalue weighted by Crippen LogP contribution is 2.18. The van der Waals surface area contributed by atoms with Crippen LogP contribution < -0.4 is 0 Å². The third kappa shape index (κ3) is 2.20. The Bertz CT molecular complexity index is 170. The van der Waals surface area contributed by atoms with Gasteiger partial charge in [0.15, 0.2) is 0 Å². The molecular formula is C9H17NO3. The Balaban J connectivity index is 1.73. The summed E-state index contributed by atoms with van der Waals surface area (Å²) in [4.78, 5) is 2.16. The minimum atomic E-state index is -0.216. The van der Waals surface area contributed by atoms with Crippen LogP contribution in [-0.4, -0.2) is 60.2 Å². The van der Waals surface area contributed by atoms with Gasteiger partial charge in [-0.3, -0.25) is 4.90 Å². The highest BCUT2D eigenvalue weighted by Gasteiger charge is 2.31. The lowest BCUT2D eigenvalue weighted by Gasteiger charge is -2.40. The van der Waals surface area contributed by atoms with E-state index in [1.807, 2.05) is 0 Å². The van der Waals surface area contributed by atoms with E-state index in [1.165, 1.54) is 0 Å². The Morgan fingerprint density at radius 3 is 2.69 bits per heavy atom. The minimum Gasteiger partial charge on any atom is -0.393 e. The van der Waals surface area contributed by atoms with Crippen molar-refractivity contribution in [2.75, 3.05) is 32.8 Å². The van der Waals surface area contributed by atoms with Gasteiger partial charge in [0.2, 0.25) is 0 Å². The Morgan fingerprint density at radius 2 is 2.08 bits per heavy atom. The Labute approximate surface area is 78.1 Å². The van der Waals surface area contributed by atoms with Crippen molar-refractivity contribution in [3.05, 3.63) is 0 Å². The molecule has 2 N–H and O–H groups in total. The Hall–Kier alpha value is -0.160. The van der Waals surface area contributed by atoms with Crippen LogP contribution in [0.5, 0.6) is 0 Å². The topological polar surface area (TPSA) is 52.9 Å². The largest absolute Gasteiger partial charge is 0.393 e. The first-order valence-corrected chi connectivity index (χ1v) is 4.92. The zero-order valence-electron chi connectivity index (χ0n) is 7.72. The van der Waals surface area contributed by atoms with Gasteiger partial charge in [-0.1, -0.05) is 0 Å². The molecule has 0 aromatic carbocycles. The van der Waals surface area contributed by atoms with Gasteiger partial charge >= 0.3 is 0 Å². The third-order valence-electron chi connectivity index (χ3n) is 2.86. The van der Waals surface area contributed by atoms with Crippen molar-refractivity contribution in [1.82, 2.24) is 4.90 Å². The van der Waals surface area contributed by atoms with Gasteiger partial charge in [-0.15, -0.1) is 0 Å². The second kappa shape index (κ2) is 3.92. The molecule has 2 atom stereocenters. The Kier molecular flexibility index (Phi) is 2.83. The first kappa shape index (κ1) is 9.40. The van der Waals surface area contributed by atoms with Gasteiger partial charge in [0, 0.05) is 32.2 Å². The van der Waals surface area contributed by atoms with Crippen molar-refractivity contribution in [2.45, 2.75) is 18.6 Å². The molecule has 0 aromatic heterocycles. The normalized spacial score (nSPS) is 37.4. The van der Waals surface area contributed by atoms with Crippen LogP contribution in [0.3, 0.4) is 0 Å². The lowest BCUT2D eigenvalue weighted by atomic mass is 9.96. The van der Waals surface area contributed by atoms with Crippen molar-refractivity contribution >= 4 is 0 Å². The first-order valence-electron chi connectivity index (χ1n) is 4.92. The molecule has 76 valence electrons. The zero-order valence-corrected chi connectivity index (χ0v) is 7.72. The molecule has 2 saturated heterocycles. The maximum atomic E-state index is 9.63. The van der Waals surface area contributed by atoms with Crippen molar-refractivity contribution in [3.63, 3.8) is 0 Å². The van der Waals surface area contributed by atoms with Crippen molar-refractivity contribution in [1.29, 1.82) is 0 Å². The smallest absolute Gasteiger partial charge is 0.0793 e. The van der Waals surface area contributed by atoms with E-state index in [0.717, 1.165) is 26.1 Å². The summed E-state index contributed by atoms with van der Waals surface area (Å²) in [5.41, 5.74) is 0. The number of hydrogen-bond donors (Lipinski definition) is 2. The lowest BCUT2D eigenvalue weighted by Crippen LogP contribution is -2.54. The molecule has 0 bridgehead atoms.